The molecule has 0 radical (unpaired) electrons. The monoisotopic (exact) mass is 268 g/mol. The summed E-state index contributed by atoms with van der Waals surface area (Å²) in [5.74, 6) is -0.0934. The topological polar surface area (TPSA) is 58.6 Å². The van der Waals surface area contributed by atoms with Gasteiger partial charge in [0.15, 0.2) is 0 Å². The Labute approximate surface area is 114 Å². The molecule has 2 amide bonds. The van der Waals surface area contributed by atoms with Gasteiger partial charge < -0.3 is 15.0 Å². The van der Waals surface area contributed by atoms with Crippen LogP contribution in [0, 0.1) is 0 Å². The van der Waals surface area contributed by atoms with E-state index in [9.17, 15) is 9.59 Å². The van der Waals surface area contributed by atoms with Crippen molar-refractivity contribution >= 4 is 11.8 Å². The minimum atomic E-state index is -0.418. The molecular formula is C14H24N2O3. The number of rotatable bonds is 4. The van der Waals surface area contributed by atoms with E-state index in [1.807, 2.05) is 0 Å². The molecule has 2 fully saturated rings. The van der Waals surface area contributed by atoms with Crippen molar-refractivity contribution in [2.45, 2.75) is 64.1 Å². The third-order valence-electron chi connectivity index (χ3n) is 4.10. The van der Waals surface area contributed by atoms with Gasteiger partial charge in [0.1, 0.15) is 12.1 Å². The summed E-state index contributed by atoms with van der Waals surface area (Å²) in [7, 11) is 0. The van der Waals surface area contributed by atoms with Crippen molar-refractivity contribution in [3.8, 4) is 0 Å². The third-order valence-corrected chi connectivity index (χ3v) is 4.10. The molecule has 0 aromatic heterocycles. The van der Waals surface area contributed by atoms with Gasteiger partial charge in [-0.25, -0.2) is 0 Å². The van der Waals surface area contributed by atoms with Crippen molar-refractivity contribution in [2.75, 3.05) is 13.2 Å². The number of nitrogens with one attached hydrogen (secondary N) is 1. The van der Waals surface area contributed by atoms with Crippen molar-refractivity contribution in [3.63, 3.8) is 0 Å². The predicted octanol–water partition coefficient (Wildman–Crippen LogP) is 1.07. The van der Waals surface area contributed by atoms with Crippen molar-refractivity contribution in [1.82, 2.24) is 10.2 Å². The lowest BCUT2D eigenvalue weighted by molar-refractivity contribution is -0.149. The maximum atomic E-state index is 12.0. The summed E-state index contributed by atoms with van der Waals surface area (Å²) in [5, 5.41) is 2.68. The number of amides is 2. The van der Waals surface area contributed by atoms with E-state index in [1.165, 1.54) is 19.3 Å². The molecule has 0 aromatic rings. The predicted molar refractivity (Wildman–Crippen MR) is 71.6 cm³/mol. The fourth-order valence-electron chi connectivity index (χ4n) is 2.83. The minimum Gasteiger partial charge on any atom is -0.376 e. The third kappa shape index (κ3) is 3.47. The lowest BCUT2D eigenvalue weighted by atomic mass is 9.98. The molecular weight excluding hydrogens is 244 g/mol. The molecule has 0 aromatic carbocycles. The Morgan fingerprint density at radius 3 is 2.58 bits per heavy atom. The second-order valence-electron chi connectivity index (χ2n) is 5.57. The first-order valence-electron chi connectivity index (χ1n) is 7.32. The summed E-state index contributed by atoms with van der Waals surface area (Å²) in [6.07, 6.45) is 6.38. The van der Waals surface area contributed by atoms with E-state index < -0.39 is 12.1 Å². The first-order valence-corrected chi connectivity index (χ1v) is 7.32. The molecule has 1 aliphatic heterocycles. The molecule has 1 saturated heterocycles. The van der Waals surface area contributed by atoms with Gasteiger partial charge >= 0.3 is 0 Å². The maximum absolute atomic E-state index is 12.0. The van der Waals surface area contributed by atoms with E-state index in [4.69, 9.17) is 4.74 Å². The Hall–Kier alpha value is -1.10. The molecule has 1 aliphatic carbocycles. The van der Waals surface area contributed by atoms with Gasteiger partial charge in [-0.3, -0.25) is 9.59 Å². The highest BCUT2D eigenvalue weighted by Gasteiger charge is 2.35. The Morgan fingerprint density at radius 2 is 1.89 bits per heavy atom. The average Bonchev–Trinajstić information content (AvgIpc) is 2.42. The summed E-state index contributed by atoms with van der Waals surface area (Å²) >= 11 is 0. The van der Waals surface area contributed by atoms with Crippen LogP contribution in [-0.4, -0.2) is 48.1 Å². The lowest BCUT2D eigenvalue weighted by Crippen LogP contribution is -2.61. The number of hydrogen-bond donors (Lipinski definition) is 1. The molecule has 2 aliphatic rings. The van der Waals surface area contributed by atoms with Crippen LogP contribution in [0.2, 0.25) is 0 Å². The second-order valence-corrected chi connectivity index (χ2v) is 5.57. The zero-order valence-electron chi connectivity index (χ0n) is 11.9. The van der Waals surface area contributed by atoms with Gasteiger partial charge in [0.05, 0.1) is 12.7 Å². The molecule has 19 heavy (non-hydrogen) atoms. The molecule has 0 bridgehead atoms. The molecule has 5 nitrogen and oxygen atoms in total. The van der Waals surface area contributed by atoms with Crippen LogP contribution >= 0.6 is 0 Å². The Balaban J connectivity index is 1.79. The lowest BCUT2D eigenvalue weighted by Gasteiger charge is -2.36. The van der Waals surface area contributed by atoms with Gasteiger partial charge in [0, 0.05) is 6.54 Å². The Bertz CT molecular complexity index is 340. The standard InChI is InChI=1S/C14H24N2O3/c1-10-14(18)16(11(2)13(17)15-10)8-9-19-12-6-4-3-5-7-12/h10-12H,3-9H2,1-2H3,(H,15,17). The van der Waals surface area contributed by atoms with Crippen molar-refractivity contribution in [1.29, 1.82) is 0 Å². The van der Waals surface area contributed by atoms with E-state index in [2.05, 4.69) is 5.32 Å². The smallest absolute Gasteiger partial charge is 0.245 e. The molecule has 0 spiro atoms. The van der Waals surface area contributed by atoms with Crippen molar-refractivity contribution in [2.24, 2.45) is 0 Å². The quantitative estimate of drug-likeness (QED) is 0.829. The van der Waals surface area contributed by atoms with Crippen LogP contribution < -0.4 is 5.32 Å². The van der Waals surface area contributed by atoms with Gasteiger partial charge in [-0.05, 0) is 26.7 Å². The molecule has 108 valence electrons. The molecule has 2 atom stereocenters. The number of hydrogen-bond acceptors (Lipinski definition) is 3. The van der Waals surface area contributed by atoms with Gasteiger partial charge in [-0.15, -0.1) is 0 Å². The number of ether oxygens (including phenoxy) is 1. The van der Waals surface area contributed by atoms with Crippen LogP contribution in [0.4, 0.5) is 0 Å². The van der Waals surface area contributed by atoms with Crippen LogP contribution in [0.25, 0.3) is 0 Å². The minimum absolute atomic E-state index is 0.0145. The number of carbonyl (C=O) groups is 2. The molecule has 1 heterocycles. The zero-order chi connectivity index (χ0) is 13.8. The Morgan fingerprint density at radius 1 is 1.21 bits per heavy atom. The van der Waals surface area contributed by atoms with E-state index in [0.717, 1.165) is 12.8 Å². The highest BCUT2D eigenvalue weighted by Crippen LogP contribution is 2.20. The van der Waals surface area contributed by atoms with Gasteiger partial charge in [-0.2, -0.15) is 0 Å². The van der Waals surface area contributed by atoms with Crippen molar-refractivity contribution in [3.05, 3.63) is 0 Å². The fourth-order valence-corrected chi connectivity index (χ4v) is 2.83. The van der Waals surface area contributed by atoms with E-state index in [1.54, 1.807) is 18.7 Å². The normalized spacial score (nSPS) is 29.5. The molecule has 5 heteroatoms. The number of piperazine rings is 1. The summed E-state index contributed by atoms with van der Waals surface area (Å²) in [6, 6.07) is -0.808. The van der Waals surface area contributed by atoms with Crippen LogP contribution in [-0.2, 0) is 14.3 Å². The van der Waals surface area contributed by atoms with E-state index in [0.29, 0.717) is 19.3 Å². The van der Waals surface area contributed by atoms with Crippen molar-refractivity contribution < 1.29 is 14.3 Å². The van der Waals surface area contributed by atoms with Gasteiger partial charge in [0.25, 0.3) is 0 Å². The molecule has 2 rings (SSSR count). The number of nitrogens with zero attached hydrogens (tertiary/aromatic N) is 1. The summed E-state index contributed by atoms with van der Waals surface area (Å²) in [6.45, 7) is 4.52. The van der Waals surface area contributed by atoms with Gasteiger partial charge in [0.2, 0.25) is 11.8 Å². The first kappa shape index (κ1) is 14.3. The van der Waals surface area contributed by atoms with Crippen LogP contribution in [0.3, 0.4) is 0 Å². The largest absolute Gasteiger partial charge is 0.376 e. The van der Waals surface area contributed by atoms with Gasteiger partial charge in [-0.1, -0.05) is 19.3 Å². The SMILES string of the molecule is CC1NC(=O)C(C)N(CCOC2CCCCC2)C1=O. The molecule has 1 saturated carbocycles. The van der Waals surface area contributed by atoms with Crippen LogP contribution in [0.5, 0.6) is 0 Å². The van der Waals surface area contributed by atoms with E-state index >= 15 is 0 Å². The summed E-state index contributed by atoms with van der Waals surface area (Å²) in [4.78, 5) is 25.3. The summed E-state index contributed by atoms with van der Waals surface area (Å²) < 4.78 is 5.83. The first-order chi connectivity index (χ1) is 9.09. The fraction of sp³-hybridized carbons (Fsp3) is 0.857. The Kier molecular flexibility index (Phi) is 4.80. The second kappa shape index (κ2) is 6.37. The molecule has 2 unspecified atom stereocenters. The highest BCUT2D eigenvalue weighted by molar-refractivity contribution is 5.96. The zero-order valence-corrected chi connectivity index (χ0v) is 11.9. The average molecular weight is 268 g/mol. The van der Waals surface area contributed by atoms with Crippen LogP contribution in [0.1, 0.15) is 46.0 Å². The van der Waals surface area contributed by atoms with E-state index in [-0.39, 0.29) is 11.8 Å². The molecule has 1 N–H and O–H groups in total. The maximum Gasteiger partial charge on any atom is 0.245 e. The van der Waals surface area contributed by atoms with Crippen LogP contribution in [0.15, 0.2) is 0 Å². The summed E-state index contributed by atoms with van der Waals surface area (Å²) in [5.41, 5.74) is 0. The highest BCUT2D eigenvalue weighted by atomic mass is 16.5. The number of carbonyl (C=O) groups excluding carboxylic acids is 2.